The van der Waals surface area contributed by atoms with E-state index in [4.69, 9.17) is 4.74 Å². The van der Waals surface area contributed by atoms with Crippen LogP contribution in [0.3, 0.4) is 0 Å². The van der Waals surface area contributed by atoms with Gasteiger partial charge in [0.1, 0.15) is 6.10 Å². The molecule has 1 fully saturated rings. The number of hydrogen-bond donors (Lipinski definition) is 1. The van der Waals surface area contributed by atoms with Crippen LogP contribution >= 0.6 is 22.6 Å². The van der Waals surface area contributed by atoms with E-state index in [0.29, 0.717) is 0 Å². The zero-order chi connectivity index (χ0) is 13.5. The largest absolute Gasteiger partial charge is 0.460 e. The van der Waals surface area contributed by atoms with Crippen LogP contribution in [0.5, 0.6) is 0 Å². The molecule has 1 heterocycles. The monoisotopic (exact) mass is 366 g/mol. The van der Waals surface area contributed by atoms with Crippen molar-refractivity contribution < 1.29 is 14.6 Å². The highest BCUT2D eigenvalue weighted by molar-refractivity contribution is 14.1. The number of aliphatic hydroxyl groups is 1. The third-order valence-electron chi connectivity index (χ3n) is 3.45. The average Bonchev–Trinajstić information content (AvgIpc) is 2.59. The maximum Gasteiger partial charge on any atom is 0.336 e. The molecule has 0 aromatic rings. The van der Waals surface area contributed by atoms with Gasteiger partial charge in [-0.15, -0.1) is 0 Å². The van der Waals surface area contributed by atoms with Gasteiger partial charge in [-0.25, -0.2) is 4.79 Å². The maximum absolute atomic E-state index is 11.4. The van der Waals surface area contributed by atoms with Gasteiger partial charge in [-0.3, -0.25) is 0 Å². The third-order valence-corrected chi connectivity index (χ3v) is 4.17. The number of rotatable bonds is 8. The van der Waals surface area contributed by atoms with Crippen LogP contribution < -0.4 is 0 Å². The van der Waals surface area contributed by atoms with Gasteiger partial charge in [-0.2, -0.15) is 0 Å². The number of hydrogen-bond acceptors (Lipinski definition) is 3. The zero-order valence-corrected chi connectivity index (χ0v) is 13.2. The van der Waals surface area contributed by atoms with Crippen LogP contribution in [0.2, 0.25) is 0 Å². The van der Waals surface area contributed by atoms with Crippen LogP contribution in [-0.4, -0.2) is 23.3 Å². The average molecular weight is 366 g/mol. The lowest BCUT2D eigenvalue weighted by atomic mass is 9.94. The highest BCUT2D eigenvalue weighted by atomic mass is 127. The van der Waals surface area contributed by atoms with Crippen molar-refractivity contribution in [2.45, 2.75) is 64.1 Å². The van der Waals surface area contributed by atoms with E-state index in [1.54, 1.807) is 0 Å². The summed E-state index contributed by atoms with van der Waals surface area (Å²) in [6.07, 6.45) is 6.94. The molecule has 0 aliphatic carbocycles. The fraction of sp³-hybridized carbons (Fsp3) is 0.786. The van der Waals surface area contributed by atoms with E-state index in [1.807, 2.05) is 0 Å². The molecule has 0 unspecified atom stereocenters. The summed E-state index contributed by atoms with van der Waals surface area (Å²) in [6, 6.07) is 0. The van der Waals surface area contributed by atoms with E-state index in [9.17, 15) is 9.90 Å². The number of unbranched alkanes of at least 4 members (excludes halogenated alkanes) is 5. The van der Waals surface area contributed by atoms with Crippen molar-refractivity contribution in [1.29, 1.82) is 0 Å². The lowest BCUT2D eigenvalue weighted by Crippen LogP contribution is -2.25. The summed E-state index contributed by atoms with van der Waals surface area (Å²) in [6.45, 7) is 6.04. The Balaban J connectivity index is 2.28. The van der Waals surface area contributed by atoms with Gasteiger partial charge in [0.25, 0.3) is 0 Å². The van der Waals surface area contributed by atoms with E-state index in [1.165, 1.54) is 32.1 Å². The Morgan fingerprint density at radius 2 is 1.94 bits per heavy atom. The molecular weight excluding hydrogens is 343 g/mol. The van der Waals surface area contributed by atoms with Crippen LogP contribution in [0.25, 0.3) is 0 Å². The van der Waals surface area contributed by atoms with Crippen LogP contribution in [0.4, 0.5) is 0 Å². The molecular formula is C14H23IO3. The topological polar surface area (TPSA) is 46.5 Å². The van der Waals surface area contributed by atoms with Crippen molar-refractivity contribution >= 4 is 28.6 Å². The highest BCUT2D eigenvalue weighted by Gasteiger charge is 2.43. The number of esters is 1. The molecule has 18 heavy (non-hydrogen) atoms. The summed E-state index contributed by atoms with van der Waals surface area (Å²) in [5.41, 5.74) is 0. The number of aliphatic hydroxyl groups excluding tert-OH is 1. The number of carbonyl (C=O) groups excluding carboxylic acids is 1. The molecule has 1 N–H and O–H groups in total. The Bertz CT molecular complexity index is 291. The molecule has 1 aliphatic rings. The van der Waals surface area contributed by atoms with Crippen molar-refractivity contribution in [2.75, 3.05) is 0 Å². The first-order valence-corrected chi connectivity index (χ1v) is 7.88. The highest BCUT2D eigenvalue weighted by Crippen LogP contribution is 2.34. The predicted molar refractivity (Wildman–Crippen MR) is 80.5 cm³/mol. The number of carbonyl (C=O) groups is 1. The second-order valence-corrected chi connectivity index (χ2v) is 6.33. The minimum absolute atomic E-state index is 0.178. The molecule has 0 radical (unpaired) electrons. The van der Waals surface area contributed by atoms with Gasteiger partial charge in [0, 0.05) is 0 Å². The molecule has 104 valence electrons. The van der Waals surface area contributed by atoms with E-state index in [-0.39, 0.29) is 12.0 Å². The smallest absolute Gasteiger partial charge is 0.336 e. The normalized spacial score (nSPS) is 27.3. The van der Waals surface area contributed by atoms with Gasteiger partial charge < -0.3 is 9.84 Å². The van der Waals surface area contributed by atoms with Crippen molar-refractivity contribution in [2.24, 2.45) is 5.92 Å². The van der Waals surface area contributed by atoms with Gasteiger partial charge in [-0.05, 0) is 39.0 Å². The molecule has 1 saturated heterocycles. The predicted octanol–water partition coefficient (Wildman–Crippen LogP) is 3.59. The standard InChI is InChI=1S/C14H23IO3/c1-3-4-5-6-7-8-9-11-12(10(2)15)13(16)14(17)18-11/h11-13,16H,2-9H2,1H3/t11-,12+,13+/m0/s1. The van der Waals surface area contributed by atoms with E-state index < -0.39 is 12.1 Å². The van der Waals surface area contributed by atoms with E-state index in [2.05, 4.69) is 36.1 Å². The van der Waals surface area contributed by atoms with Crippen LogP contribution in [-0.2, 0) is 9.53 Å². The first-order valence-electron chi connectivity index (χ1n) is 6.80. The first kappa shape index (κ1) is 16.0. The van der Waals surface area contributed by atoms with E-state index >= 15 is 0 Å². The summed E-state index contributed by atoms with van der Waals surface area (Å²) in [4.78, 5) is 11.4. The first-order chi connectivity index (χ1) is 8.57. The van der Waals surface area contributed by atoms with Crippen LogP contribution in [0.1, 0.15) is 51.9 Å². The Hall–Kier alpha value is -0.100. The minimum Gasteiger partial charge on any atom is -0.460 e. The summed E-state index contributed by atoms with van der Waals surface area (Å²) >= 11 is 2.08. The quantitative estimate of drug-likeness (QED) is 0.406. The van der Waals surface area contributed by atoms with Crippen molar-refractivity contribution in [3.63, 3.8) is 0 Å². The van der Waals surface area contributed by atoms with Gasteiger partial charge in [0.15, 0.2) is 6.10 Å². The fourth-order valence-electron chi connectivity index (χ4n) is 2.38. The summed E-state index contributed by atoms with van der Waals surface area (Å²) in [5, 5.41) is 9.73. The molecule has 0 amide bonds. The molecule has 4 heteroatoms. The Morgan fingerprint density at radius 3 is 2.56 bits per heavy atom. The third kappa shape index (κ3) is 4.53. The summed E-state index contributed by atoms with van der Waals surface area (Å²) < 4.78 is 6.03. The van der Waals surface area contributed by atoms with Crippen LogP contribution in [0, 0.1) is 5.92 Å². The Morgan fingerprint density at radius 1 is 1.33 bits per heavy atom. The molecule has 0 bridgehead atoms. The second-order valence-electron chi connectivity index (χ2n) is 4.95. The summed E-state index contributed by atoms with van der Waals surface area (Å²) in [5.74, 6) is -0.720. The molecule has 1 rings (SSSR count). The number of halogens is 1. The van der Waals surface area contributed by atoms with Crippen molar-refractivity contribution in [3.8, 4) is 0 Å². The SMILES string of the molecule is C=C(I)[C@@H]1[C@H](CCCCCCCC)OC(=O)[C@@H]1O. The fourth-order valence-corrected chi connectivity index (χ4v) is 3.12. The van der Waals surface area contributed by atoms with Gasteiger partial charge in [0.2, 0.25) is 0 Å². The number of ether oxygens (including phenoxy) is 1. The van der Waals surface area contributed by atoms with Gasteiger partial charge >= 0.3 is 5.97 Å². The van der Waals surface area contributed by atoms with Crippen molar-refractivity contribution in [1.82, 2.24) is 0 Å². The molecule has 0 spiro atoms. The molecule has 0 aromatic carbocycles. The molecule has 0 saturated carbocycles. The molecule has 0 aromatic heterocycles. The summed E-state index contributed by atoms with van der Waals surface area (Å²) in [7, 11) is 0. The Kier molecular flexibility index (Phi) is 7.22. The second kappa shape index (κ2) is 8.15. The lowest BCUT2D eigenvalue weighted by Gasteiger charge is -2.17. The number of cyclic esters (lactones) is 1. The van der Waals surface area contributed by atoms with E-state index in [0.717, 1.165) is 16.4 Å². The van der Waals surface area contributed by atoms with Gasteiger partial charge in [0.05, 0.1) is 5.92 Å². The lowest BCUT2D eigenvalue weighted by molar-refractivity contribution is -0.147. The molecule has 3 atom stereocenters. The molecule has 1 aliphatic heterocycles. The van der Waals surface area contributed by atoms with Crippen LogP contribution in [0.15, 0.2) is 10.2 Å². The zero-order valence-electron chi connectivity index (χ0n) is 11.0. The maximum atomic E-state index is 11.4. The van der Waals surface area contributed by atoms with Gasteiger partial charge in [-0.1, -0.05) is 45.6 Å². The minimum atomic E-state index is -1.01. The van der Waals surface area contributed by atoms with Crippen molar-refractivity contribution in [3.05, 3.63) is 10.2 Å². The molecule has 3 nitrogen and oxygen atoms in total. The Labute approximate surface area is 123 Å².